The average molecular weight is 388 g/mol. The summed E-state index contributed by atoms with van der Waals surface area (Å²) >= 11 is 5.80. The van der Waals surface area contributed by atoms with E-state index in [1.54, 1.807) is 37.3 Å². The number of anilines is 1. The van der Waals surface area contributed by atoms with Crippen LogP contribution >= 0.6 is 11.6 Å². The highest BCUT2D eigenvalue weighted by atomic mass is 35.5. The van der Waals surface area contributed by atoms with Gasteiger partial charge >= 0.3 is 11.8 Å². The number of amides is 3. The summed E-state index contributed by atoms with van der Waals surface area (Å²) < 4.78 is 0. The average Bonchev–Trinajstić information content (AvgIpc) is 2.66. The maximum Gasteiger partial charge on any atom is 0.329 e. The number of halogens is 1. The van der Waals surface area contributed by atoms with E-state index < -0.39 is 11.8 Å². The summed E-state index contributed by atoms with van der Waals surface area (Å²) in [5, 5.41) is 9.43. The van der Waals surface area contributed by atoms with Gasteiger partial charge in [0.1, 0.15) is 5.82 Å². The molecule has 0 aliphatic heterocycles. The lowest BCUT2D eigenvalue weighted by molar-refractivity contribution is -0.136. The number of nitrogens with one attached hydrogen (secondary N) is 3. The van der Waals surface area contributed by atoms with Crippen LogP contribution in [0.5, 0.6) is 0 Å². The van der Waals surface area contributed by atoms with E-state index >= 15 is 0 Å². The van der Waals surface area contributed by atoms with Gasteiger partial charge in [-0.2, -0.15) is 5.10 Å². The van der Waals surface area contributed by atoms with Gasteiger partial charge in [0.2, 0.25) is 5.91 Å². The molecule has 2 rings (SSSR count). The molecule has 1 aromatic heterocycles. The molecule has 0 radical (unpaired) electrons. The van der Waals surface area contributed by atoms with Crippen molar-refractivity contribution in [1.82, 2.24) is 15.7 Å². The maximum absolute atomic E-state index is 11.9. The summed E-state index contributed by atoms with van der Waals surface area (Å²) in [5.74, 6) is -1.88. The third-order valence-corrected chi connectivity index (χ3v) is 3.53. The summed E-state index contributed by atoms with van der Waals surface area (Å²) in [7, 11) is 0. The van der Waals surface area contributed by atoms with Crippen molar-refractivity contribution in [2.75, 3.05) is 5.32 Å². The Labute approximate surface area is 161 Å². The zero-order chi connectivity index (χ0) is 19.6. The van der Waals surface area contributed by atoms with Crippen LogP contribution in [0.3, 0.4) is 0 Å². The van der Waals surface area contributed by atoms with Gasteiger partial charge in [0.05, 0.1) is 6.42 Å². The minimum absolute atomic E-state index is 0.0181. The van der Waals surface area contributed by atoms with Crippen molar-refractivity contribution >= 4 is 40.9 Å². The van der Waals surface area contributed by atoms with Gasteiger partial charge in [-0.3, -0.25) is 14.4 Å². The molecule has 8 nitrogen and oxygen atoms in total. The standard InChI is InChI=1S/C18H18ClN5O3/c1-12(10-16(25)21-11-13-5-7-14(19)8-6-13)23-24-18(27)17(26)22-15-4-2-3-9-20-15/h2-9H,10-11H2,1H3,(H,21,25)(H,24,27)(H,20,22,26)/b23-12+. The van der Waals surface area contributed by atoms with Crippen molar-refractivity contribution in [2.45, 2.75) is 19.9 Å². The molecule has 1 aromatic carbocycles. The predicted octanol–water partition coefficient (Wildman–Crippen LogP) is 1.87. The molecule has 0 saturated heterocycles. The van der Waals surface area contributed by atoms with Crippen molar-refractivity contribution in [3.05, 3.63) is 59.2 Å². The zero-order valence-corrected chi connectivity index (χ0v) is 15.3. The summed E-state index contributed by atoms with van der Waals surface area (Å²) in [5.41, 5.74) is 3.36. The molecule has 3 N–H and O–H groups in total. The lowest BCUT2D eigenvalue weighted by Crippen LogP contribution is -2.33. The SMILES string of the molecule is C/C(CC(=O)NCc1ccc(Cl)cc1)=N\NC(=O)C(=O)Nc1ccccn1. The van der Waals surface area contributed by atoms with E-state index in [2.05, 4.69) is 26.1 Å². The van der Waals surface area contributed by atoms with Gasteiger partial charge in [-0.05, 0) is 36.8 Å². The first-order valence-corrected chi connectivity index (χ1v) is 8.38. The molecule has 0 spiro atoms. The van der Waals surface area contributed by atoms with E-state index in [1.165, 1.54) is 6.20 Å². The number of rotatable bonds is 6. The molecular weight excluding hydrogens is 370 g/mol. The zero-order valence-electron chi connectivity index (χ0n) is 14.5. The van der Waals surface area contributed by atoms with Gasteiger partial charge in [0, 0.05) is 23.5 Å². The van der Waals surface area contributed by atoms with Crippen LogP contribution in [0.4, 0.5) is 5.82 Å². The van der Waals surface area contributed by atoms with E-state index in [0.717, 1.165) is 5.56 Å². The summed E-state index contributed by atoms with van der Waals surface area (Å²) in [6, 6.07) is 12.0. The topological polar surface area (TPSA) is 113 Å². The number of carbonyl (C=O) groups is 3. The molecule has 0 fully saturated rings. The number of hydrogen-bond donors (Lipinski definition) is 3. The molecule has 1 heterocycles. The molecule has 0 saturated carbocycles. The van der Waals surface area contributed by atoms with Crippen molar-refractivity contribution in [3.8, 4) is 0 Å². The van der Waals surface area contributed by atoms with Crippen LogP contribution in [0.1, 0.15) is 18.9 Å². The minimum atomic E-state index is -0.957. The molecule has 27 heavy (non-hydrogen) atoms. The highest BCUT2D eigenvalue weighted by molar-refractivity contribution is 6.39. The van der Waals surface area contributed by atoms with Crippen LogP contribution in [-0.2, 0) is 20.9 Å². The lowest BCUT2D eigenvalue weighted by atomic mass is 10.2. The minimum Gasteiger partial charge on any atom is -0.352 e. The second kappa shape index (κ2) is 10.0. The predicted molar refractivity (Wildman–Crippen MR) is 102 cm³/mol. The quantitative estimate of drug-likeness (QED) is 0.399. The van der Waals surface area contributed by atoms with Gasteiger partial charge < -0.3 is 10.6 Å². The van der Waals surface area contributed by atoms with E-state index in [4.69, 9.17) is 11.6 Å². The number of pyridine rings is 1. The Morgan fingerprint density at radius 1 is 1.07 bits per heavy atom. The maximum atomic E-state index is 11.9. The molecule has 0 atom stereocenters. The smallest absolute Gasteiger partial charge is 0.329 e. The van der Waals surface area contributed by atoms with Gasteiger partial charge in [0.25, 0.3) is 0 Å². The first kappa shape index (κ1) is 20.1. The Bertz CT molecular complexity index is 838. The fraction of sp³-hybridized carbons (Fsp3) is 0.167. The normalized spacial score (nSPS) is 10.8. The monoisotopic (exact) mass is 387 g/mol. The highest BCUT2D eigenvalue weighted by Crippen LogP contribution is 2.09. The Kier molecular flexibility index (Phi) is 7.45. The van der Waals surface area contributed by atoms with Gasteiger partial charge in [-0.1, -0.05) is 29.8 Å². The first-order valence-electron chi connectivity index (χ1n) is 8.00. The Balaban J connectivity index is 1.75. The number of hydrogen-bond acceptors (Lipinski definition) is 5. The molecule has 0 bridgehead atoms. The fourth-order valence-corrected chi connectivity index (χ4v) is 2.07. The summed E-state index contributed by atoms with van der Waals surface area (Å²) in [4.78, 5) is 39.2. The van der Waals surface area contributed by atoms with Crippen LogP contribution in [0.15, 0.2) is 53.8 Å². The molecule has 2 aromatic rings. The van der Waals surface area contributed by atoms with Gasteiger partial charge in [-0.25, -0.2) is 10.4 Å². The Hall–Kier alpha value is -3.26. The number of carbonyl (C=O) groups excluding carboxylic acids is 3. The molecule has 3 amide bonds. The van der Waals surface area contributed by atoms with Gasteiger partial charge in [0.15, 0.2) is 0 Å². The first-order chi connectivity index (χ1) is 12.9. The molecule has 0 aliphatic rings. The second-order valence-electron chi connectivity index (χ2n) is 5.54. The Morgan fingerprint density at radius 3 is 2.48 bits per heavy atom. The third kappa shape index (κ3) is 7.25. The molecule has 0 aliphatic carbocycles. The lowest BCUT2D eigenvalue weighted by Gasteiger charge is -2.06. The van der Waals surface area contributed by atoms with Crippen molar-refractivity contribution in [2.24, 2.45) is 5.10 Å². The molecule has 0 unspecified atom stereocenters. The number of hydrazone groups is 1. The van der Waals surface area contributed by atoms with Gasteiger partial charge in [-0.15, -0.1) is 0 Å². The fourth-order valence-electron chi connectivity index (χ4n) is 1.94. The highest BCUT2D eigenvalue weighted by Gasteiger charge is 2.13. The summed E-state index contributed by atoms with van der Waals surface area (Å²) in [6.45, 7) is 1.92. The van der Waals surface area contributed by atoms with Crippen molar-refractivity contribution in [3.63, 3.8) is 0 Å². The van der Waals surface area contributed by atoms with E-state index in [1.807, 2.05) is 12.1 Å². The number of aromatic nitrogens is 1. The van der Waals surface area contributed by atoms with E-state index in [-0.39, 0.29) is 18.1 Å². The second-order valence-corrected chi connectivity index (χ2v) is 5.97. The molecule has 140 valence electrons. The number of benzene rings is 1. The molecular formula is C18H18ClN5O3. The molecule has 9 heteroatoms. The van der Waals surface area contributed by atoms with Crippen LogP contribution < -0.4 is 16.1 Å². The summed E-state index contributed by atoms with van der Waals surface area (Å²) in [6.07, 6.45) is 1.47. The third-order valence-electron chi connectivity index (χ3n) is 3.28. The van der Waals surface area contributed by atoms with Crippen molar-refractivity contribution in [1.29, 1.82) is 0 Å². The largest absolute Gasteiger partial charge is 0.352 e. The van der Waals surface area contributed by atoms with Crippen LogP contribution in [0.25, 0.3) is 0 Å². The van der Waals surface area contributed by atoms with Crippen LogP contribution in [-0.4, -0.2) is 28.4 Å². The van der Waals surface area contributed by atoms with Crippen LogP contribution in [0.2, 0.25) is 5.02 Å². The van der Waals surface area contributed by atoms with E-state index in [0.29, 0.717) is 17.3 Å². The van der Waals surface area contributed by atoms with Crippen LogP contribution in [0, 0.1) is 0 Å². The number of nitrogens with zero attached hydrogens (tertiary/aromatic N) is 2. The van der Waals surface area contributed by atoms with E-state index in [9.17, 15) is 14.4 Å². The van der Waals surface area contributed by atoms with Crippen molar-refractivity contribution < 1.29 is 14.4 Å². The Morgan fingerprint density at radius 2 is 1.81 bits per heavy atom.